The highest BCUT2D eigenvalue weighted by Crippen LogP contribution is 2.21. The maximum Gasteiger partial charge on any atom is 0.166 e. The van der Waals surface area contributed by atoms with E-state index in [2.05, 4.69) is 35.1 Å². The molecular weight excluding hydrogens is 240 g/mol. The van der Waals surface area contributed by atoms with Crippen molar-refractivity contribution in [3.63, 3.8) is 0 Å². The summed E-state index contributed by atoms with van der Waals surface area (Å²) in [7, 11) is 0. The number of unbranched alkanes of at least 4 members (excludes halogenated alkanes) is 1. The molecule has 1 N–H and O–H groups in total. The van der Waals surface area contributed by atoms with Crippen molar-refractivity contribution in [3.05, 3.63) is 23.8 Å². The summed E-state index contributed by atoms with van der Waals surface area (Å²) >= 11 is 7.40. The highest BCUT2D eigenvalue weighted by atomic mass is 35.5. The van der Waals surface area contributed by atoms with Crippen LogP contribution in [0.5, 0.6) is 0 Å². The number of nitrogens with one attached hydrogen (secondary N) is 1. The number of H-pyrrole nitrogens is 1. The number of alkyl halides is 1. The zero-order valence-electron chi connectivity index (χ0n) is 9.29. The Balaban J connectivity index is 2.02. The minimum Gasteiger partial charge on any atom is -0.333 e. The molecule has 1 aromatic carbocycles. The molecule has 2 rings (SSSR count). The van der Waals surface area contributed by atoms with Crippen molar-refractivity contribution in [2.45, 2.75) is 24.9 Å². The Kier molecular flexibility index (Phi) is 4.13. The molecule has 0 saturated heterocycles. The number of aromatic amines is 1. The number of imidazole rings is 1. The summed E-state index contributed by atoms with van der Waals surface area (Å²) in [5.41, 5.74) is 3.43. The van der Waals surface area contributed by atoms with Gasteiger partial charge in [0.2, 0.25) is 0 Å². The van der Waals surface area contributed by atoms with Crippen LogP contribution in [-0.4, -0.2) is 21.6 Å². The Hall–Kier alpha value is -0.670. The molecule has 0 unspecified atom stereocenters. The average molecular weight is 255 g/mol. The number of hydrogen-bond acceptors (Lipinski definition) is 2. The van der Waals surface area contributed by atoms with E-state index in [1.807, 2.05) is 0 Å². The lowest BCUT2D eigenvalue weighted by Crippen LogP contribution is -1.82. The second-order valence-electron chi connectivity index (χ2n) is 3.81. The molecule has 2 nitrogen and oxygen atoms in total. The van der Waals surface area contributed by atoms with Crippen molar-refractivity contribution in [1.82, 2.24) is 9.97 Å². The molecule has 1 aromatic heterocycles. The smallest absolute Gasteiger partial charge is 0.166 e. The van der Waals surface area contributed by atoms with Crippen LogP contribution in [0, 0.1) is 6.92 Å². The second-order valence-corrected chi connectivity index (χ2v) is 5.27. The molecule has 0 fully saturated rings. The molecule has 0 atom stereocenters. The lowest BCUT2D eigenvalue weighted by atomic mass is 10.2. The molecule has 86 valence electrons. The third kappa shape index (κ3) is 2.92. The van der Waals surface area contributed by atoms with Crippen LogP contribution < -0.4 is 0 Å². The fourth-order valence-corrected chi connectivity index (χ4v) is 2.61. The Labute approximate surface area is 105 Å². The fourth-order valence-electron chi connectivity index (χ4n) is 1.53. The highest BCUT2D eigenvalue weighted by Gasteiger charge is 2.02. The van der Waals surface area contributed by atoms with Crippen molar-refractivity contribution < 1.29 is 0 Å². The minimum atomic E-state index is 0.750. The number of rotatable bonds is 5. The summed E-state index contributed by atoms with van der Waals surface area (Å²) in [5, 5.41) is 1.01. The third-order valence-corrected chi connectivity index (χ3v) is 3.61. The highest BCUT2D eigenvalue weighted by molar-refractivity contribution is 7.99. The molecule has 0 spiro atoms. The zero-order chi connectivity index (χ0) is 11.4. The number of aryl methyl sites for hydroxylation is 1. The molecule has 0 aliphatic rings. The van der Waals surface area contributed by atoms with E-state index in [-0.39, 0.29) is 0 Å². The van der Waals surface area contributed by atoms with Gasteiger partial charge in [0.15, 0.2) is 5.16 Å². The summed E-state index contributed by atoms with van der Waals surface area (Å²) in [6.45, 7) is 2.09. The SMILES string of the molecule is Cc1ccc2nc(SCCCCCl)[nH]c2c1. The predicted octanol–water partition coefficient (Wildman–Crippen LogP) is 3.98. The van der Waals surface area contributed by atoms with Crippen LogP contribution in [-0.2, 0) is 0 Å². The number of halogens is 1. The lowest BCUT2D eigenvalue weighted by Gasteiger charge is -1.95. The van der Waals surface area contributed by atoms with Crippen LogP contribution in [0.4, 0.5) is 0 Å². The van der Waals surface area contributed by atoms with Crippen LogP contribution in [0.25, 0.3) is 11.0 Å². The van der Waals surface area contributed by atoms with E-state index in [1.165, 1.54) is 5.56 Å². The Morgan fingerprint density at radius 2 is 2.25 bits per heavy atom. The molecule has 0 saturated carbocycles. The molecule has 0 amide bonds. The molecule has 4 heteroatoms. The van der Waals surface area contributed by atoms with Crippen molar-refractivity contribution in [2.24, 2.45) is 0 Å². The van der Waals surface area contributed by atoms with Crippen molar-refractivity contribution in [1.29, 1.82) is 0 Å². The predicted molar refractivity (Wildman–Crippen MR) is 71.5 cm³/mol. The monoisotopic (exact) mass is 254 g/mol. The summed E-state index contributed by atoms with van der Waals surface area (Å²) in [6.07, 6.45) is 2.22. The molecule has 0 aliphatic heterocycles. The zero-order valence-corrected chi connectivity index (χ0v) is 10.9. The topological polar surface area (TPSA) is 28.7 Å². The van der Waals surface area contributed by atoms with E-state index in [0.29, 0.717) is 0 Å². The standard InChI is InChI=1S/C12H15ClN2S/c1-9-4-5-10-11(8-9)15-12(14-10)16-7-3-2-6-13/h4-5,8H,2-3,6-7H2,1H3,(H,14,15). The maximum atomic E-state index is 5.63. The summed E-state index contributed by atoms with van der Waals surface area (Å²) < 4.78 is 0. The first-order valence-corrected chi connectivity index (χ1v) is 6.97. The average Bonchev–Trinajstić information content (AvgIpc) is 2.66. The first kappa shape index (κ1) is 11.8. The van der Waals surface area contributed by atoms with Gasteiger partial charge in [-0.25, -0.2) is 4.98 Å². The summed E-state index contributed by atoms with van der Waals surface area (Å²) in [6, 6.07) is 6.28. The number of aromatic nitrogens is 2. The summed E-state index contributed by atoms with van der Waals surface area (Å²) in [5.74, 6) is 1.82. The third-order valence-electron chi connectivity index (χ3n) is 2.38. The fraction of sp³-hybridized carbons (Fsp3) is 0.417. The van der Waals surface area contributed by atoms with Gasteiger partial charge in [-0.1, -0.05) is 17.8 Å². The number of thioether (sulfide) groups is 1. The minimum absolute atomic E-state index is 0.750. The number of benzene rings is 1. The Bertz CT molecular complexity index is 467. The van der Waals surface area contributed by atoms with Gasteiger partial charge in [0, 0.05) is 11.6 Å². The maximum absolute atomic E-state index is 5.63. The number of hydrogen-bond donors (Lipinski definition) is 1. The second kappa shape index (κ2) is 5.60. The van der Waals surface area contributed by atoms with Gasteiger partial charge >= 0.3 is 0 Å². The van der Waals surface area contributed by atoms with Crippen LogP contribution >= 0.6 is 23.4 Å². The largest absolute Gasteiger partial charge is 0.333 e. The van der Waals surface area contributed by atoms with Gasteiger partial charge in [0.05, 0.1) is 11.0 Å². The van der Waals surface area contributed by atoms with E-state index in [4.69, 9.17) is 11.6 Å². The molecule has 2 aromatic rings. The molecule has 1 heterocycles. The number of nitrogens with zero attached hydrogens (tertiary/aromatic N) is 1. The molecule has 0 bridgehead atoms. The van der Waals surface area contributed by atoms with Gasteiger partial charge in [0.1, 0.15) is 0 Å². The van der Waals surface area contributed by atoms with E-state index >= 15 is 0 Å². The van der Waals surface area contributed by atoms with Crippen LogP contribution in [0.15, 0.2) is 23.4 Å². The van der Waals surface area contributed by atoms with Gasteiger partial charge in [-0.15, -0.1) is 11.6 Å². The van der Waals surface area contributed by atoms with Gasteiger partial charge in [-0.3, -0.25) is 0 Å². The van der Waals surface area contributed by atoms with Gasteiger partial charge in [0.25, 0.3) is 0 Å². The van der Waals surface area contributed by atoms with Crippen LogP contribution in [0.1, 0.15) is 18.4 Å². The number of fused-ring (bicyclic) bond motifs is 1. The normalized spacial score (nSPS) is 11.1. The van der Waals surface area contributed by atoms with Crippen LogP contribution in [0.2, 0.25) is 0 Å². The molecule has 16 heavy (non-hydrogen) atoms. The van der Waals surface area contributed by atoms with E-state index in [1.54, 1.807) is 11.8 Å². The first-order chi connectivity index (χ1) is 7.79. The van der Waals surface area contributed by atoms with E-state index in [0.717, 1.165) is 40.7 Å². The van der Waals surface area contributed by atoms with Crippen molar-refractivity contribution in [2.75, 3.05) is 11.6 Å². The van der Waals surface area contributed by atoms with Gasteiger partial charge in [-0.05, 0) is 37.5 Å². The van der Waals surface area contributed by atoms with Gasteiger partial charge < -0.3 is 4.98 Å². The lowest BCUT2D eigenvalue weighted by molar-refractivity contribution is 0.899. The first-order valence-electron chi connectivity index (χ1n) is 5.45. The molecule has 0 aliphatic carbocycles. The summed E-state index contributed by atoms with van der Waals surface area (Å²) in [4.78, 5) is 7.86. The van der Waals surface area contributed by atoms with Crippen molar-refractivity contribution in [3.8, 4) is 0 Å². The Morgan fingerprint density at radius 1 is 1.38 bits per heavy atom. The Morgan fingerprint density at radius 3 is 3.06 bits per heavy atom. The van der Waals surface area contributed by atoms with E-state index in [9.17, 15) is 0 Å². The van der Waals surface area contributed by atoms with Crippen molar-refractivity contribution >= 4 is 34.4 Å². The van der Waals surface area contributed by atoms with Crippen LogP contribution in [0.3, 0.4) is 0 Å². The van der Waals surface area contributed by atoms with E-state index < -0.39 is 0 Å². The van der Waals surface area contributed by atoms with Gasteiger partial charge in [-0.2, -0.15) is 0 Å². The molecular formula is C12H15ClN2S. The molecule has 0 radical (unpaired) electrons. The quantitative estimate of drug-likeness (QED) is 0.497.